The first-order valence-corrected chi connectivity index (χ1v) is 9.30. The van der Waals surface area contributed by atoms with Gasteiger partial charge in [-0.1, -0.05) is 25.0 Å². The van der Waals surface area contributed by atoms with Gasteiger partial charge in [-0.3, -0.25) is 0 Å². The van der Waals surface area contributed by atoms with E-state index in [9.17, 15) is 9.18 Å². The SMILES string of the molecule is Cc1ccc(C2CCCCCN2C(=O)NCc2ccc(F)cc2)s1. The Morgan fingerprint density at radius 1 is 1.21 bits per heavy atom. The molecule has 0 bridgehead atoms. The molecule has 1 saturated heterocycles. The molecule has 1 aromatic carbocycles. The maximum absolute atomic E-state index is 13.0. The van der Waals surface area contributed by atoms with Crippen molar-refractivity contribution in [2.24, 2.45) is 0 Å². The van der Waals surface area contributed by atoms with Gasteiger partial charge in [-0.05, 0) is 49.6 Å². The van der Waals surface area contributed by atoms with E-state index in [0.29, 0.717) is 6.54 Å². The predicted octanol–water partition coefficient (Wildman–Crippen LogP) is 5.02. The second kappa shape index (κ2) is 7.79. The topological polar surface area (TPSA) is 32.3 Å². The fourth-order valence-corrected chi connectivity index (χ4v) is 4.19. The summed E-state index contributed by atoms with van der Waals surface area (Å²) in [5.41, 5.74) is 0.906. The molecule has 3 nitrogen and oxygen atoms in total. The molecule has 0 aliphatic carbocycles. The summed E-state index contributed by atoms with van der Waals surface area (Å²) in [5, 5.41) is 2.99. The zero-order chi connectivity index (χ0) is 16.9. The summed E-state index contributed by atoms with van der Waals surface area (Å²) in [6.45, 7) is 3.31. The number of amides is 2. The molecule has 3 rings (SSSR count). The largest absolute Gasteiger partial charge is 0.334 e. The number of thiophene rings is 1. The van der Waals surface area contributed by atoms with E-state index in [2.05, 4.69) is 24.4 Å². The average Bonchev–Trinajstić information content (AvgIpc) is 2.86. The lowest BCUT2D eigenvalue weighted by atomic mass is 10.1. The minimum Gasteiger partial charge on any atom is -0.334 e. The molecule has 5 heteroatoms. The molecule has 2 amide bonds. The van der Waals surface area contributed by atoms with Crippen molar-refractivity contribution in [3.8, 4) is 0 Å². The van der Waals surface area contributed by atoms with Gasteiger partial charge in [0, 0.05) is 22.8 Å². The van der Waals surface area contributed by atoms with Crippen LogP contribution in [0.3, 0.4) is 0 Å². The van der Waals surface area contributed by atoms with Gasteiger partial charge < -0.3 is 10.2 Å². The minimum absolute atomic E-state index is 0.0303. The number of carbonyl (C=O) groups is 1. The van der Waals surface area contributed by atoms with Gasteiger partial charge in [0.15, 0.2) is 0 Å². The van der Waals surface area contributed by atoms with Crippen molar-refractivity contribution in [2.45, 2.75) is 45.2 Å². The van der Waals surface area contributed by atoms with E-state index in [1.165, 1.54) is 28.3 Å². The smallest absolute Gasteiger partial charge is 0.318 e. The van der Waals surface area contributed by atoms with Crippen LogP contribution in [0.2, 0.25) is 0 Å². The molecule has 1 aromatic heterocycles. The van der Waals surface area contributed by atoms with E-state index in [-0.39, 0.29) is 17.9 Å². The molecule has 0 radical (unpaired) electrons. The van der Waals surface area contributed by atoms with Gasteiger partial charge in [0.2, 0.25) is 0 Å². The van der Waals surface area contributed by atoms with Crippen LogP contribution in [0.15, 0.2) is 36.4 Å². The van der Waals surface area contributed by atoms with Gasteiger partial charge in [0.05, 0.1) is 6.04 Å². The van der Waals surface area contributed by atoms with Crippen LogP contribution in [-0.4, -0.2) is 17.5 Å². The van der Waals surface area contributed by atoms with Gasteiger partial charge in [0.25, 0.3) is 0 Å². The first-order chi connectivity index (χ1) is 11.6. The first kappa shape index (κ1) is 17.0. The third-order valence-corrected chi connectivity index (χ3v) is 5.56. The molecule has 1 fully saturated rings. The van der Waals surface area contributed by atoms with Crippen molar-refractivity contribution < 1.29 is 9.18 Å². The number of aryl methyl sites for hydroxylation is 1. The zero-order valence-corrected chi connectivity index (χ0v) is 14.7. The van der Waals surface area contributed by atoms with Gasteiger partial charge in [0.1, 0.15) is 5.82 Å². The van der Waals surface area contributed by atoms with E-state index in [0.717, 1.165) is 31.4 Å². The number of urea groups is 1. The van der Waals surface area contributed by atoms with E-state index in [4.69, 9.17) is 0 Å². The fourth-order valence-electron chi connectivity index (χ4n) is 3.16. The lowest BCUT2D eigenvalue weighted by Gasteiger charge is -2.29. The number of nitrogens with zero attached hydrogens (tertiary/aromatic N) is 1. The fraction of sp³-hybridized carbons (Fsp3) is 0.421. The van der Waals surface area contributed by atoms with Gasteiger partial charge in [-0.25, -0.2) is 9.18 Å². The molecule has 2 aromatic rings. The Morgan fingerprint density at radius 3 is 2.71 bits per heavy atom. The average molecular weight is 346 g/mol. The van der Waals surface area contributed by atoms with Gasteiger partial charge >= 0.3 is 6.03 Å². The number of carbonyl (C=O) groups excluding carboxylic acids is 1. The van der Waals surface area contributed by atoms with E-state index >= 15 is 0 Å². The number of halogens is 1. The Labute approximate surface area is 146 Å². The van der Waals surface area contributed by atoms with Crippen LogP contribution >= 0.6 is 11.3 Å². The predicted molar refractivity (Wildman–Crippen MR) is 95.6 cm³/mol. The molecular formula is C19H23FN2OS. The monoisotopic (exact) mass is 346 g/mol. The zero-order valence-electron chi connectivity index (χ0n) is 13.9. The molecule has 1 aliphatic heterocycles. The summed E-state index contributed by atoms with van der Waals surface area (Å²) in [7, 11) is 0. The Morgan fingerprint density at radius 2 is 2.00 bits per heavy atom. The maximum Gasteiger partial charge on any atom is 0.318 e. The van der Waals surface area contributed by atoms with Crippen molar-refractivity contribution in [1.82, 2.24) is 10.2 Å². The quantitative estimate of drug-likeness (QED) is 0.831. The van der Waals surface area contributed by atoms with E-state index < -0.39 is 0 Å². The second-order valence-corrected chi connectivity index (χ2v) is 7.61. The highest BCUT2D eigenvalue weighted by atomic mass is 32.1. The second-order valence-electron chi connectivity index (χ2n) is 6.29. The van der Waals surface area contributed by atoms with Crippen LogP contribution in [0.1, 0.15) is 47.0 Å². The standard InChI is InChI=1S/C19H23FN2OS/c1-14-6-11-18(24-14)17-5-3-2-4-12-22(17)19(23)21-13-15-7-9-16(20)10-8-15/h6-11,17H,2-5,12-13H2,1H3,(H,21,23). The highest BCUT2D eigenvalue weighted by Crippen LogP contribution is 2.34. The summed E-state index contributed by atoms with van der Waals surface area (Å²) in [4.78, 5) is 17.2. The minimum atomic E-state index is -0.259. The molecular weight excluding hydrogens is 323 g/mol. The lowest BCUT2D eigenvalue weighted by molar-refractivity contribution is 0.176. The highest BCUT2D eigenvalue weighted by molar-refractivity contribution is 7.12. The number of benzene rings is 1. The number of hydrogen-bond donors (Lipinski definition) is 1. The van der Waals surface area contributed by atoms with Crippen LogP contribution in [0.25, 0.3) is 0 Å². The van der Waals surface area contributed by atoms with E-state index in [1.807, 2.05) is 4.90 Å². The molecule has 0 saturated carbocycles. The van der Waals surface area contributed by atoms with Crippen LogP contribution in [0.4, 0.5) is 9.18 Å². The number of rotatable bonds is 3. The summed E-state index contributed by atoms with van der Waals surface area (Å²) < 4.78 is 13.0. The Bertz CT molecular complexity index is 683. The summed E-state index contributed by atoms with van der Waals surface area (Å²) in [6, 6.07) is 10.7. The van der Waals surface area contributed by atoms with E-state index in [1.54, 1.807) is 23.5 Å². The van der Waals surface area contributed by atoms with Crippen LogP contribution in [0.5, 0.6) is 0 Å². The highest BCUT2D eigenvalue weighted by Gasteiger charge is 2.27. The first-order valence-electron chi connectivity index (χ1n) is 8.49. The van der Waals surface area contributed by atoms with Crippen LogP contribution in [0, 0.1) is 12.7 Å². The van der Waals surface area contributed by atoms with Crippen LogP contribution < -0.4 is 5.32 Å². The Kier molecular flexibility index (Phi) is 5.51. The maximum atomic E-state index is 13.0. The third kappa shape index (κ3) is 4.15. The summed E-state index contributed by atoms with van der Waals surface area (Å²) >= 11 is 1.78. The van der Waals surface area contributed by atoms with Gasteiger partial charge in [-0.15, -0.1) is 11.3 Å². The summed E-state index contributed by atoms with van der Waals surface area (Å²) in [5.74, 6) is -0.259. The van der Waals surface area contributed by atoms with Crippen molar-refractivity contribution in [2.75, 3.05) is 6.54 Å². The molecule has 1 atom stereocenters. The van der Waals surface area contributed by atoms with Crippen molar-refractivity contribution >= 4 is 17.4 Å². The molecule has 1 N–H and O–H groups in total. The molecule has 0 spiro atoms. The molecule has 128 valence electrons. The number of nitrogens with one attached hydrogen (secondary N) is 1. The van der Waals surface area contributed by atoms with Crippen molar-refractivity contribution in [3.63, 3.8) is 0 Å². The normalized spacial score (nSPS) is 18.2. The van der Waals surface area contributed by atoms with Crippen molar-refractivity contribution in [1.29, 1.82) is 0 Å². The molecule has 24 heavy (non-hydrogen) atoms. The molecule has 1 unspecified atom stereocenters. The summed E-state index contributed by atoms with van der Waals surface area (Å²) in [6.07, 6.45) is 4.39. The molecule has 2 heterocycles. The number of hydrogen-bond acceptors (Lipinski definition) is 2. The third-order valence-electron chi connectivity index (χ3n) is 4.46. The van der Waals surface area contributed by atoms with Gasteiger partial charge in [-0.2, -0.15) is 0 Å². The number of likely N-dealkylation sites (tertiary alicyclic amines) is 1. The molecule has 1 aliphatic rings. The lowest BCUT2D eigenvalue weighted by Crippen LogP contribution is -2.41. The Hall–Kier alpha value is -1.88. The van der Waals surface area contributed by atoms with Crippen molar-refractivity contribution in [3.05, 3.63) is 57.5 Å². The Balaban J connectivity index is 1.68. The van der Waals surface area contributed by atoms with Crippen LogP contribution in [-0.2, 0) is 6.54 Å².